The van der Waals surface area contributed by atoms with Crippen molar-refractivity contribution in [3.8, 4) is 0 Å². The molecule has 1 amide bonds. The Bertz CT molecular complexity index is 255. The van der Waals surface area contributed by atoms with Crippen molar-refractivity contribution in [2.45, 2.75) is 25.3 Å². The molecule has 0 bridgehead atoms. The summed E-state index contributed by atoms with van der Waals surface area (Å²) in [5, 5.41) is 0. The standard InChI is InChI=1S/C13H27N3O2/c1-15(2)13(17)8-12(9-14)16(3)6-7-18-10-11-4-5-11/h11-12H,4-10,14H2,1-3H3. The molecule has 106 valence electrons. The van der Waals surface area contributed by atoms with Gasteiger partial charge >= 0.3 is 0 Å². The summed E-state index contributed by atoms with van der Waals surface area (Å²) in [5.41, 5.74) is 5.73. The van der Waals surface area contributed by atoms with Gasteiger partial charge in [-0.1, -0.05) is 0 Å². The number of nitrogens with two attached hydrogens (primary N) is 1. The van der Waals surface area contributed by atoms with Crippen LogP contribution in [0.5, 0.6) is 0 Å². The minimum atomic E-state index is 0.101. The van der Waals surface area contributed by atoms with Crippen LogP contribution >= 0.6 is 0 Å². The summed E-state index contributed by atoms with van der Waals surface area (Å²) >= 11 is 0. The zero-order chi connectivity index (χ0) is 13.5. The van der Waals surface area contributed by atoms with E-state index in [0.29, 0.717) is 13.0 Å². The van der Waals surface area contributed by atoms with E-state index in [1.54, 1.807) is 19.0 Å². The molecule has 2 N–H and O–H groups in total. The predicted octanol–water partition coefficient (Wildman–Crippen LogP) is 0.150. The van der Waals surface area contributed by atoms with E-state index >= 15 is 0 Å². The van der Waals surface area contributed by atoms with Crippen LogP contribution in [0.2, 0.25) is 0 Å². The van der Waals surface area contributed by atoms with E-state index < -0.39 is 0 Å². The highest BCUT2D eigenvalue weighted by Crippen LogP contribution is 2.28. The molecule has 1 fully saturated rings. The maximum Gasteiger partial charge on any atom is 0.223 e. The first-order chi connectivity index (χ1) is 8.54. The van der Waals surface area contributed by atoms with E-state index in [1.807, 2.05) is 7.05 Å². The van der Waals surface area contributed by atoms with E-state index in [2.05, 4.69) is 4.90 Å². The molecule has 0 radical (unpaired) electrons. The van der Waals surface area contributed by atoms with Crippen LogP contribution < -0.4 is 5.73 Å². The van der Waals surface area contributed by atoms with E-state index in [-0.39, 0.29) is 11.9 Å². The van der Waals surface area contributed by atoms with Crippen LogP contribution in [-0.4, -0.2) is 69.2 Å². The van der Waals surface area contributed by atoms with Gasteiger partial charge in [0.25, 0.3) is 0 Å². The summed E-state index contributed by atoms with van der Waals surface area (Å²) in [6, 6.07) is 0.101. The van der Waals surface area contributed by atoms with Gasteiger partial charge in [-0.15, -0.1) is 0 Å². The lowest BCUT2D eigenvalue weighted by atomic mass is 10.1. The molecule has 0 spiro atoms. The Morgan fingerprint density at radius 3 is 2.56 bits per heavy atom. The van der Waals surface area contributed by atoms with E-state index in [4.69, 9.17) is 10.5 Å². The van der Waals surface area contributed by atoms with Gasteiger partial charge in [0.05, 0.1) is 6.61 Å². The zero-order valence-electron chi connectivity index (χ0n) is 11.9. The van der Waals surface area contributed by atoms with Crippen molar-refractivity contribution in [1.29, 1.82) is 0 Å². The van der Waals surface area contributed by atoms with Gasteiger partial charge in [-0.25, -0.2) is 0 Å². The Morgan fingerprint density at radius 1 is 1.39 bits per heavy atom. The van der Waals surface area contributed by atoms with E-state index in [0.717, 1.165) is 25.7 Å². The van der Waals surface area contributed by atoms with Gasteiger partial charge in [-0.3, -0.25) is 9.69 Å². The maximum absolute atomic E-state index is 11.7. The lowest BCUT2D eigenvalue weighted by molar-refractivity contribution is -0.129. The van der Waals surface area contributed by atoms with Crippen molar-refractivity contribution < 1.29 is 9.53 Å². The van der Waals surface area contributed by atoms with Gasteiger partial charge < -0.3 is 15.4 Å². The number of rotatable bonds is 9. The molecule has 0 heterocycles. The second-order valence-electron chi connectivity index (χ2n) is 5.38. The smallest absolute Gasteiger partial charge is 0.223 e. The first kappa shape index (κ1) is 15.4. The first-order valence-corrected chi connectivity index (χ1v) is 6.72. The summed E-state index contributed by atoms with van der Waals surface area (Å²) < 4.78 is 5.60. The monoisotopic (exact) mass is 257 g/mol. The minimum absolute atomic E-state index is 0.101. The molecule has 0 saturated heterocycles. The number of hydrogen-bond acceptors (Lipinski definition) is 4. The fourth-order valence-corrected chi connectivity index (χ4v) is 1.73. The minimum Gasteiger partial charge on any atom is -0.380 e. The summed E-state index contributed by atoms with van der Waals surface area (Å²) in [6.07, 6.45) is 3.11. The van der Waals surface area contributed by atoms with Crippen LogP contribution in [0.1, 0.15) is 19.3 Å². The molecule has 1 aliphatic rings. The Balaban J connectivity index is 2.17. The quantitative estimate of drug-likeness (QED) is 0.597. The van der Waals surface area contributed by atoms with Crippen LogP contribution in [0.15, 0.2) is 0 Å². The summed E-state index contributed by atoms with van der Waals surface area (Å²) in [7, 11) is 5.55. The van der Waals surface area contributed by atoms with Gasteiger partial charge in [0.1, 0.15) is 0 Å². The number of carbonyl (C=O) groups excluding carboxylic acids is 1. The summed E-state index contributed by atoms with van der Waals surface area (Å²) in [6.45, 7) is 2.94. The van der Waals surface area contributed by atoms with Gasteiger partial charge in [-0.2, -0.15) is 0 Å². The Morgan fingerprint density at radius 2 is 2.06 bits per heavy atom. The first-order valence-electron chi connectivity index (χ1n) is 6.72. The molecule has 1 aliphatic carbocycles. The fraction of sp³-hybridized carbons (Fsp3) is 0.923. The van der Waals surface area contributed by atoms with Gasteiger partial charge in [0.2, 0.25) is 5.91 Å². The third-order valence-corrected chi connectivity index (χ3v) is 3.44. The van der Waals surface area contributed by atoms with Crippen LogP contribution in [-0.2, 0) is 9.53 Å². The highest BCUT2D eigenvalue weighted by atomic mass is 16.5. The van der Waals surface area contributed by atoms with E-state index in [1.165, 1.54) is 12.8 Å². The fourth-order valence-electron chi connectivity index (χ4n) is 1.73. The Kier molecular flexibility index (Phi) is 6.60. The van der Waals surface area contributed by atoms with Crippen LogP contribution in [0, 0.1) is 5.92 Å². The molecule has 0 aliphatic heterocycles. The molecule has 1 unspecified atom stereocenters. The highest BCUT2D eigenvalue weighted by molar-refractivity contribution is 5.76. The average Bonchev–Trinajstić information content (AvgIpc) is 3.14. The molecule has 1 atom stereocenters. The average molecular weight is 257 g/mol. The lowest BCUT2D eigenvalue weighted by Gasteiger charge is -2.27. The molecule has 5 nitrogen and oxygen atoms in total. The Labute approximate surface area is 110 Å². The van der Waals surface area contributed by atoms with Crippen molar-refractivity contribution in [1.82, 2.24) is 9.80 Å². The maximum atomic E-state index is 11.7. The summed E-state index contributed by atoms with van der Waals surface area (Å²) in [4.78, 5) is 15.4. The number of hydrogen-bond donors (Lipinski definition) is 1. The second kappa shape index (κ2) is 7.71. The zero-order valence-corrected chi connectivity index (χ0v) is 11.9. The normalized spacial score (nSPS) is 16.9. The molecule has 18 heavy (non-hydrogen) atoms. The van der Waals surface area contributed by atoms with E-state index in [9.17, 15) is 4.79 Å². The second-order valence-corrected chi connectivity index (χ2v) is 5.38. The molecular formula is C13H27N3O2. The molecule has 1 saturated carbocycles. The third kappa shape index (κ3) is 5.80. The van der Waals surface area contributed by atoms with Crippen LogP contribution in [0.25, 0.3) is 0 Å². The molecular weight excluding hydrogens is 230 g/mol. The molecule has 1 rings (SSSR count). The van der Waals surface area contributed by atoms with Crippen molar-refractivity contribution in [2.75, 3.05) is 47.4 Å². The molecule has 0 aromatic heterocycles. The van der Waals surface area contributed by atoms with Gasteiger partial charge in [0, 0.05) is 46.3 Å². The molecule has 5 heteroatoms. The predicted molar refractivity (Wildman–Crippen MR) is 72.3 cm³/mol. The van der Waals surface area contributed by atoms with Crippen molar-refractivity contribution in [3.05, 3.63) is 0 Å². The summed E-state index contributed by atoms with van der Waals surface area (Å²) in [5.74, 6) is 0.923. The number of amides is 1. The lowest BCUT2D eigenvalue weighted by Crippen LogP contribution is -2.43. The topological polar surface area (TPSA) is 58.8 Å². The largest absolute Gasteiger partial charge is 0.380 e. The number of ether oxygens (including phenoxy) is 1. The van der Waals surface area contributed by atoms with Crippen molar-refractivity contribution >= 4 is 5.91 Å². The third-order valence-electron chi connectivity index (χ3n) is 3.44. The molecule has 0 aromatic carbocycles. The molecule has 0 aromatic rings. The van der Waals surface area contributed by atoms with Crippen LogP contribution in [0.3, 0.4) is 0 Å². The number of carbonyl (C=O) groups is 1. The van der Waals surface area contributed by atoms with Crippen LogP contribution in [0.4, 0.5) is 0 Å². The van der Waals surface area contributed by atoms with Gasteiger partial charge in [-0.05, 0) is 25.8 Å². The van der Waals surface area contributed by atoms with Crippen molar-refractivity contribution in [3.63, 3.8) is 0 Å². The van der Waals surface area contributed by atoms with Gasteiger partial charge in [0.15, 0.2) is 0 Å². The number of nitrogens with zero attached hydrogens (tertiary/aromatic N) is 2. The highest BCUT2D eigenvalue weighted by Gasteiger charge is 2.21. The SMILES string of the molecule is CN(C)C(=O)CC(CN)N(C)CCOCC1CC1. The Hall–Kier alpha value is -0.650. The number of likely N-dealkylation sites (N-methyl/N-ethyl adjacent to an activating group) is 1. The van der Waals surface area contributed by atoms with Crippen molar-refractivity contribution in [2.24, 2.45) is 11.7 Å².